The number of carbonyl (C=O) groups excluding carboxylic acids is 1. The van der Waals surface area contributed by atoms with Crippen molar-refractivity contribution in [3.8, 4) is 0 Å². The third-order valence-electron chi connectivity index (χ3n) is 4.91. The molecule has 0 radical (unpaired) electrons. The van der Waals surface area contributed by atoms with E-state index < -0.39 is 9.84 Å². The molecule has 1 aromatic heterocycles. The maximum absolute atomic E-state index is 12.3. The monoisotopic (exact) mass is 354 g/mol. The van der Waals surface area contributed by atoms with E-state index in [0.29, 0.717) is 13.1 Å². The fourth-order valence-electron chi connectivity index (χ4n) is 3.54. The summed E-state index contributed by atoms with van der Waals surface area (Å²) in [5.74, 6) is -0.182. The minimum Gasteiger partial charge on any atom is -0.332 e. The molecule has 1 saturated heterocycles. The van der Waals surface area contributed by atoms with Gasteiger partial charge in [-0.05, 0) is 25.9 Å². The predicted octanol–water partition coefficient (Wildman–Crippen LogP) is 0.683. The van der Waals surface area contributed by atoms with Crippen molar-refractivity contribution in [2.75, 3.05) is 25.1 Å². The first-order valence-electron chi connectivity index (χ1n) is 8.55. The van der Waals surface area contributed by atoms with Gasteiger partial charge in [0.2, 0.25) is 5.91 Å². The van der Waals surface area contributed by atoms with Gasteiger partial charge in [0.15, 0.2) is 0 Å². The Morgan fingerprint density at radius 2 is 1.88 bits per heavy atom. The molecule has 24 heavy (non-hydrogen) atoms. The molecule has 1 amide bonds. The predicted molar refractivity (Wildman–Crippen MR) is 90.9 cm³/mol. The number of aryl methyl sites for hydroxylation is 1. The van der Waals surface area contributed by atoms with Crippen LogP contribution in [-0.4, -0.2) is 59.0 Å². The number of rotatable bonds is 5. The summed E-state index contributed by atoms with van der Waals surface area (Å²) < 4.78 is 24.4. The van der Waals surface area contributed by atoms with Gasteiger partial charge in [0.25, 0.3) is 0 Å². The summed E-state index contributed by atoms with van der Waals surface area (Å²) in [7, 11) is -1.19. The first-order valence-corrected chi connectivity index (χ1v) is 10.6. The van der Waals surface area contributed by atoms with E-state index in [1.54, 1.807) is 4.90 Å². The van der Waals surface area contributed by atoms with Crippen LogP contribution in [0.15, 0.2) is 0 Å². The van der Waals surface area contributed by atoms with Crippen molar-refractivity contribution in [1.29, 1.82) is 0 Å². The van der Waals surface area contributed by atoms with Gasteiger partial charge in [-0.15, -0.1) is 0 Å². The molecular weight excluding hydrogens is 328 g/mol. The molecule has 1 aromatic rings. The number of fused-ring (bicyclic) bond motifs is 1. The molecule has 2 aliphatic heterocycles. The molecule has 0 saturated carbocycles. The van der Waals surface area contributed by atoms with Gasteiger partial charge in [0.05, 0.1) is 23.7 Å². The highest BCUT2D eigenvalue weighted by atomic mass is 32.2. The smallest absolute Gasteiger partial charge is 0.224 e. The van der Waals surface area contributed by atoms with E-state index in [4.69, 9.17) is 0 Å². The second kappa shape index (κ2) is 6.84. The van der Waals surface area contributed by atoms with Crippen LogP contribution in [0.2, 0.25) is 0 Å². The number of nitrogens with zero attached hydrogens (tertiary/aromatic N) is 4. The van der Waals surface area contributed by atoms with E-state index in [0.717, 1.165) is 36.6 Å². The molecule has 3 heterocycles. The second-order valence-electron chi connectivity index (χ2n) is 6.96. The number of hydrogen-bond acceptors (Lipinski definition) is 5. The number of aromatic nitrogens is 2. The van der Waals surface area contributed by atoms with Crippen LogP contribution in [0.3, 0.4) is 0 Å². The number of hydrogen-bond donors (Lipinski definition) is 0. The van der Waals surface area contributed by atoms with Gasteiger partial charge < -0.3 is 4.90 Å². The van der Waals surface area contributed by atoms with Gasteiger partial charge in [-0.25, -0.2) is 8.42 Å². The Kier molecular flexibility index (Phi) is 4.96. The molecule has 0 unspecified atom stereocenters. The van der Waals surface area contributed by atoms with Crippen LogP contribution >= 0.6 is 0 Å². The van der Waals surface area contributed by atoms with Crippen LogP contribution in [0.25, 0.3) is 0 Å². The third kappa shape index (κ3) is 3.97. The summed E-state index contributed by atoms with van der Waals surface area (Å²) in [6.07, 6.45) is 5.01. The van der Waals surface area contributed by atoms with Crippen LogP contribution in [0.4, 0.5) is 0 Å². The molecule has 1 fully saturated rings. The first-order chi connectivity index (χ1) is 11.3. The van der Waals surface area contributed by atoms with Crippen molar-refractivity contribution in [2.45, 2.75) is 45.3 Å². The van der Waals surface area contributed by atoms with Gasteiger partial charge in [0, 0.05) is 38.4 Å². The zero-order valence-electron chi connectivity index (χ0n) is 14.5. The molecule has 0 spiro atoms. The molecule has 0 aliphatic carbocycles. The van der Waals surface area contributed by atoms with E-state index in [2.05, 4.69) is 10.00 Å². The third-order valence-corrected chi connectivity index (χ3v) is 5.85. The van der Waals surface area contributed by atoms with Crippen LogP contribution in [0.5, 0.6) is 0 Å². The average Bonchev–Trinajstić information content (AvgIpc) is 3.07. The summed E-state index contributed by atoms with van der Waals surface area (Å²) in [5.41, 5.74) is 3.29. The highest BCUT2D eigenvalue weighted by Gasteiger charge is 2.30. The lowest BCUT2D eigenvalue weighted by Gasteiger charge is -2.26. The van der Waals surface area contributed by atoms with Crippen LogP contribution in [0, 0.1) is 0 Å². The number of likely N-dealkylation sites (tertiary alicyclic amines) is 1. The minimum atomic E-state index is -3.11. The number of sulfone groups is 1. The highest BCUT2D eigenvalue weighted by molar-refractivity contribution is 7.90. The van der Waals surface area contributed by atoms with E-state index in [1.165, 1.54) is 25.5 Å². The topological polar surface area (TPSA) is 75.5 Å². The number of amides is 1. The van der Waals surface area contributed by atoms with Crippen molar-refractivity contribution in [3.05, 3.63) is 17.0 Å². The van der Waals surface area contributed by atoms with Gasteiger partial charge >= 0.3 is 0 Å². The Labute approximate surface area is 143 Å². The van der Waals surface area contributed by atoms with Crippen molar-refractivity contribution >= 4 is 15.7 Å². The number of piperidine rings is 1. The lowest BCUT2D eigenvalue weighted by atomic mass is 10.1. The van der Waals surface area contributed by atoms with Crippen LogP contribution in [-0.2, 0) is 41.3 Å². The Morgan fingerprint density at radius 1 is 1.17 bits per heavy atom. The molecule has 2 aliphatic rings. The van der Waals surface area contributed by atoms with Crippen molar-refractivity contribution in [2.24, 2.45) is 7.05 Å². The van der Waals surface area contributed by atoms with Crippen molar-refractivity contribution in [3.63, 3.8) is 0 Å². The van der Waals surface area contributed by atoms with Gasteiger partial charge in [0.1, 0.15) is 9.84 Å². The molecule has 134 valence electrons. The second-order valence-corrected chi connectivity index (χ2v) is 9.22. The SMILES string of the molecule is Cn1nc(CN2CCCCC2)c2c1CN(C(=O)CCS(C)(=O)=O)C2. The van der Waals surface area contributed by atoms with Gasteiger partial charge in [-0.1, -0.05) is 6.42 Å². The van der Waals surface area contributed by atoms with Crippen LogP contribution < -0.4 is 0 Å². The largest absolute Gasteiger partial charge is 0.332 e. The Hall–Kier alpha value is -1.41. The first kappa shape index (κ1) is 17.4. The Balaban J connectivity index is 1.66. The highest BCUT2D eigenvalue weighted by Crippen LogP contribution is 2.27. The molecule has 0 bridgehead atoms. The van der Waals surface area contributed by atoms with Crippen molar-refractivity contribution in [1.82, 2.24) is 19.6 Å². The van der Waals surface area contributed by atoms with Gasteiger partial charge in [-0.3, -0.25) is 14.4 Å². The maximum Gasteiger partial charge on any atom is 0.224 e. The van der Waals surface area contributed by atoms with E-state index in [1.807, 2.05) is 11.7 Å². The molecule has 8 heteroatoms. The standard InChI is InChI=1S/C16H26N4O3S/c1-18-15-12-20(16(21)6-9-24(2,22)23)10-13(15)14(17-18)11-19-7-4-3-5-8-19/h3-12H2,1-2H3. The maximum atomic E-state index is 12.3. The molecule has 7 nitrogen and oxygen atoms in total. The van der Waals surface area contributed by atoms with E-state index in [-0.39, 0.29) is 18.1 Å². The molecule has 3 rings (SSSR count). The summed E-state index contributed by atoms with van der Waals surface area (Å²) in [4.78, 5) is 16.5. The fraction of sp³-hybridized carbons (Fsp3) is 0.750. The number of carbonyl (C=O) groups is 1. The quantitative estimate of drug-likeness (QED) is 0.777. The molecule has 0 atom stereocenters. The van der Waals surface area contributed by atoms with E-state index >= 15 is 0 Å². The lowest BCUT2D eigenvalue weighted by molar-refractivity contribution is -0.131. The molecular formula is C16H26N4O3S. The Bertz CT molecular complexity index is 720. The lowest BCUT2D eigenvalue weighted by Crippen LogP contribution is -2.30. The Morgan fingerprint density at radius 3 is 2.54 bits per heavy atom. The normalized spacial score (nSPS) is 18.8. The average molecular weight is 354 g/mol. The fourth-order valence-corrected chi connectivity index (χ4v) is 4.08. The van der Waals surface area contributed by atoms with E-state index in [9.17, 15) is 13.2 Å². The zero-order valence-corrected chi connectivity index (χ0v) is 15.3. The molecule has 0 N–H and O–H groups in total. The summed E-state index contributed by atoms with van der Waals surface area (Å²) in [5, 5.41) is 4.65. The zero-order chi connectivity index (χ0) is 17.3. The van der Waals surface area contributed by atoms with Crippen LogP contribution in [0.1, 0.15) is 42.6 Å². The van der Waals surface area contributed by atoms with Crippen molar-refractivity contribution < 1.29 is 13.2 Å². The summed E-state index contributed by atoms with van der Waals surface area (Å²) in [6, 6.07) is 0. The minimum absolute atomic E-state index is 0.0573. The summed E-state index contributed by atoms with van der Waals surface area (Å²) >= 11 is 0. The molecule has 0 aromatic carbocycles. The van der Waals surface area contributed by atoms with Gasteiger partial charge in [-0.2, -0.15) is 5.10 Å². The summed E-state index contributed by atoms with van der Waals surface area (Å²) in [6.45, 7) is 4.15.